The molecule has 0 saturated heterocycles. The van der Waals surface area contributed by atoms with Crippen molar-refractivity contribution < 1.29 is 14.3 Å². The Bertz CT molecular complexity index is 1260. The molecule has 8 nitrogen and oxygen atoms in total. The number of thiophene rings is 1. The summed E-state index contributed by atoms with van der Waals surface area (Å²) in [4.78, 5) is 29.4. The van der Waals surface area contributed by atoms with Crippen LogP contribution in [0.15, 0.2) is 65.4 Å². The number of carbonyl (C=O) groups is 2. The fourth-order valence-electron chi connectivity index (χ4n) is 3.17. The van der Waals surface area contributed by atoms with Crippen molar-refractivity contribution >= 4 is 40.0 Å². The Hall–Kier alpha value is -3.50. The van der Waals surface area contributed by atoms with E-state index in [0.29, 0.717) is 21.5 Å². The predicted molar refractivity (Wildman–Crippen MR) is 129 cm³/mol. The lowest BCUT2D eigenvalue weighted by Gasteiger charge is -2.09. The Morgan fingerprint density at radius 1 is 1.09 bits per heavy atom. The first-order valence-electron chi connectivity index (χ1n) is 10.1. The number of aromatic nitrogens is 4. The summed E-state index contributed by atoms with van der Waals surface area (Å²) in [5.74, 6) is 0.0929. The second kappa shape index (κ2) is 10.4. The Kier molecular flexibility index (Phi) is 7.16. The minimum absolute atomic E-state index is 0.114. The third kappa shape index (κ3) is 5.12. The zero-order chi connectivity index (χ0) is 23.2. The molecule has 4 aromatic rings. The van der Waals surface area contributed by atoms with Crippen molar-refractivity contribution in [1.29, 1.82) is 0 Å². The van der Waals surface area contributed by atoms with Gasteiger partial charge < -0.3 is 14.6 Å². The molecule has 0 aliphatic carbocycles. The van der Waals surface area contributed by atoms with E-state index in [4.69, 9.17) is 4.74 Å². The quantitative estimate of drug-likeness (QED) is 0.293. The Balaban J connectivity index is 1.49. The van der Waals surface area contributed by atoms with Crippen LogP contribution in [0.2, 0.25) is 0 Å². The van der Waals surface area contributed by atoms with E-state index >= 15 is 0 Å². The van der Waals surface area contributed by atoms with E-state index in [1.54, 1.807) is 19.3 Å². The second-order valence-electron chi connectivity index (χ2n) is 6.88. The third-order valence-electron chi connectivity index (χ3n) is 4.71. The highest BCUT2D eigenvalue weighted by molar-refractivity contribution is 7.99. The molecule has 1 N–H and O–H groups in total. The van der Waals surface area contributed by atoms with Gasteiger partial charge >= 0.3 is 5.97 Å². The van der Waals surface area contributed by atoms with Crippen molar-refractivity contribution in [3.63, 3.8) is 0 Å². The van der Waals surface area contributed by atoms with Crippen LogP contribution in [-0.2, 0) is 16.6 Å². The van der Waals surface area contributed by atoms with E-state index in [9.17, 15) is 9.59 Å². The van der Waals surface area contributed by atoms with Gasteiger partial charge in [0.2, 0.25) is 5.91 Å². The van der Waals surface area contributed by atoms with Gasteiger partial charge in [0, 0.05) is 35.9 Å². The van der Waals surface area contributed by atoms with Crippen molar-refractivity contribution in [2.45, 2.75) is 12.1 Å². The van der Waals surface area contributed by atoms with Gasteiger partial charge in [-0.1, -0.05) is 42.1 Å². The van der Waals surface area contributed by atoms with Gasteiger partial charge in [-0.25, -0.2) is 4.79 Å². The first-order valence-corrected chi connectivity index (χ1v) is 12.0. The molecule has 0 aliphatic rings. The zero-order valence-electron chi connectivity index (χ0n) is 18.0. The van der Waals surface area contributed by atoms with Crippen LogP contribution in [-0.4, -0.2) is 44.0 Å². The van der Waals surface area contributed by atoms with Gasteiger partial charge in [0.25, 0.3) is 0 Å². The highest BCUT2D eigenvalue weighted by Crippen LogP contribution is 2.36. The number of hydrogen-bond acceptors (Lipinski definition) is 8. The van der Waals surface area contributed by atoms with E-state index in [1.165, 1.54) is 23.1 Å². The molecule has 4 rings (SSSR count). The van der Waals surface area contributed by atoms with E-state index in [0.717, 1.165) is 16.7 Å². The van der Waals surface area contributed by atoms with Crippen LogP contribution in [0.5, 0.6) is 0 Å². The van der Waals surface area contributed by atoms with Gasteiger partial charge in [0.1, 0.15) is 10.6 Å². The fraction of sp³-hybridized carbons (Fsp3) is 0.174. The van der Waals surface area contributed by atoms with Crippen molar-refractivity contribution in [3.8, 4) is 22.5 Å². The van der Waals surface area contributed by atoms with Gasteiger partial charge in [-0.3, -0.25) is 9.78 Å². The molecule has 0 fully saturated rings. The summed E-state index contributed by atoms with van der Waals surface area (Å²) >= 11 is 2.57. The fourth-order valence-corrected chi connectivity index (χ4v) is 4.86. The third-order valence-corrected chi connectivity index (χ3v) is 6.63. The Morgan fingerprint density at radius 2 is 1.85 bits per heavy atom. The number of hydrogen-bond donors (Lipinski definition) is 1. The summed E-state index contributed by atoms with van der Waals surface area (Å²) < 4.78 is 7.07. The predicted octanol–water partition coefficient (Wildman–Crippen LogP) is 4.51. The average molecular weight is 480 g/mol. The van der Waals surface area contributed by atoms with Gasteiger partial charge in [0.15, 0.2) is 11.0 Å². The number of thioether (sulfide) groups is 1. The molecule has 0 radical (unpaired) electrons. The lowest BCUT2D eigenvalue weighted by atomic mass is 10.0. The molecular weight excluding hydrogens is 458 g/mol. The molecule has 0 atom stereocenters. The molecule has 0 aliphatic heterocycles. The van der Waals surface area contributed by atoms with Gasteiger partial charge in [-0.05, 0) is 24.6 Å². The van der Waals surface area contributed by atoms with Crippen LogP contribution in [0, 0.1) is 0 Å². The maximum absolute atomic E-state index is 12.7. The Labute approximate surface area is 199 Å². The highest BCUT2D eigenvalue weighted by atomic mass is 32.2. The summed E-state index contributed by atoms with van der Waals surface area (Å²) in [5, 5.41) is 14.2. The van der Waals surface area contributed by atoms with Crippen molar-refractivity contribution in [2.75, 3.05) is 17.7 Å². The molecule has 1 aromatic carbocycles. The Morgan fingerprint density at radius 3 is 2.58 bits per heavy atom. The standard InChI is InChI=1S/C23H21N5O3S2/c1-3-31-22(30)19-17(15-7-5-4-6-8-15)13-32-21(19)25-18(29)14-33-23-27-26-20(28(23)2)16-9-11-24-12-10-16/h4-13H,3,14H2,1-2H3,(H,25,29). The van der Waals surface area contributed by atoms with Gasteiger partial charge in [0.05, 0.1) is 12.4 Å². The summed E-state index contributed by atoms with van der Waals surface area (Å²) in [5.41, 5.74) is 2.87. The number of carbonyl (C=O) groups excluding carboxylic acids is 2. The number of benzene rings is 1. The van der Waals surface area contributed by atoms with E-state index < -0.39 is 5.97 Å². The maximum atomic E-state index is 12.7. The van der Waals surface area contributed by atoms with E-state index in [1.807, 2.05) is 59.5 Å². The number of anilines is 1. The van der Waals surface area contributed by atoms with Gasteiger partial charge in [-0.15, -0.1) is 21.5 Å². The van der Waals surface area contributed by atoms with Gasteiger partial charge in [-0.2, -0.15) is 0 Å². The molecule has 3 aromatic heterocycles. The number of ether oxygens (including phenoxy) is 1. The minimum atomic E-state index is -0.462. The molecule has 10 heteroatoms. The van der Waals surface area contributed by atoms with Crippen molar-refractivity contribution in [3.05, 3.63) is 65.8 Å². The molecule has 33 heavy (non-hydrogen) atoms. The topological polar surface area (TPSA) is 99.0 Å². The largest absolute Gasteiger partial charge is 0.462 e. The molecule has 1 amide bonds. The van der Waals surface area contributed by atoms with E-state index in [2.05, 4.69) is 20.5 Å². The monoisotopic (exact) mass is 479 g/mol. The molecule has 168 valence electrons. The average Bonchev–Trinajstić information content (AvgIpc) is 3.42. The second-order valence-corrected chi connectivity index (χ2v) is 8.70. The molecule has 0 bridgehead atoms. The maximum Gasteiger partial charge on any atom is 0.341 e. The summed E-state index contributed by atoms with van der Waals surface area (Å²) in [6.45, 7) is 2.00. The number of nitrogens with zero attached hydrogens (tertiary/aromatic N) is 4. The van der Waals surface area contributed by atoms with Crippen LogP contribution >= 0.6 is 23.1 Å². The lowest BCUT2D eigenvalue weighted by Crippen LogP contribution is -2.16. The molecule has 0 unspecified atom stereocenters. The van der Waals surface area contributed by atoms with Crippen LogP contribution in [0.4, 0.5) is 5.00 Å². The first-order chi connectivity index (χ1) is 16.1. The van der Waals surface area contributed by atoms with Crippen LogP contribution in [0.1, 0.15) is 17.3 Å². The summed E-state index contributed by atoms with van der Waals surface area (Å²) in [6, 6.07) is 13.2. The van der Waals surface area contributed by atoms with Crippen LogP contribution < -0.4 is 5.32 Å². The van der Waals surface area contributed by atoms with Crippen LogP contribution in [0.3, 0.4) is 0 Å². The molecular formula is C23H21N5O3S2. The zero-order valence-corrected chi connectivity index (χ0v) is 19.7. The smallest absolute Gasteiger partial charge is 0.341 e. The lowest BCUT2D eigenvalue weighted by molar-refractivity contribution is -0.113. The summed E-state index contributed by atoms with van der Waals surface area (Å²) in [6.07, 6.45) is 3.38. The van der Waals surface area contributed by atoms with Crippen LogP contribution in [0.25, 0.3) is 22.5 Å². The van der Waals surface area contributed by atoms with Crippen molar-refractivity contribution in [1.82, 2.24) is 19.7 Å². The molecule has 3 heterocycles. The summed E-state index contributed by atoms with van der Waals surface area (Å²) in [7, 11) is 1.85. The SMILES string of the molecule is CCOC(=O)c1c(-c2ccccc2)csc1NC(=O)CSc1nnc(-c2ccncc2)n1C. The number of esters is 1. The molecule has 0 spiro atoms. The molecule has 0 saturated carbocycles. The number of rotatable bonds is 8. The number of nitrogens with one attached hydrogen (secondary N) is 1. The van der Waals surface area contributed by atoms with E-state index in [-0.39, 0.29) is 18.3 Å². The number of amides is 1. The first kappa shape index (κ1) is 22.7. The normalized spacial score (nSPS) is 10.7. The number of pyridine rings is 1. The highest BCUT2D eigenvalue weighted by Gasteiger charge is 2.23. The minimum Gasteiger partial charge on any atom is -0.462 e. The van der Waals surface area contributed by atoms with Crippen molar-refractivity contribution in [2.24, 2.45) is 7.05 Å².